The van der Waals surface area contributed by atoms with Crippen molar-refractivity contribution in [1.82, 2.24) is 5.32 Å². The molecule has 1 atom stereocenters. The molecule has 1 amide bonds. The van der Waals surface area contributed by atoms with Crippen LogP contribution in [0.4, 0.5) is 14.9 Å². The van der Waals surface area contributed by atoms with E-state index >= 15 is 0 Å². The van der Waals surface area contributed by atoms with Crippen LogP contribution in [0.2, 0.25) is 0 Å². The van der Waals surface area contributed by atoms with E-state index in [1.54, 1.807) is 20.8 Å². The Labute approximate surface area is 130 Å². The van der Waals surface area contributed by atoms with Crippen LogP contribution < -0.4 is 15.4 Å². The second-order valence-electron chi connectivity index (χ2n) is 6.36. The van der Waals surface area contributed by atoms with Crippen LogP contribution in [0.15, 0.2) is 18.2 Å². The molecule has 0 aliphatic carbocycles. The molecule has 1 aliphatic rings. The highest BCUT2D eigenvalue weighted by Gasteiger charge is 2.19. The van der Waals surface area contributed by atoms with Gasteiger partial charge < -0.3 is 14.8 Å². The van der Waals surface area contributed by atoms with Crippen LogP contribution >= 0.6 is 0 Å². The zero-order chi connectivity index (χ0) is 16.2. The lowest BCUT2D eigenvalue weighted by molar-refractivity contribution is 0.0636. The van der Waals surface area contributed by atoms with E-state index in [4.69, 9.17) is 9.47 Å². The highest BCUT2D eigenvalue weighted by atomic mass is 19.1. The maximum absolute atomic E-state index is 13.8. The van der Waals surface area contributed by atoms with E-state index in [0.717, 1.165) is 19.4 Å². The molecule has 6 heteroatoms. The number of piperidine rings is 1. The van der Waals surface area contributed by atoms with E-state index in [-0.39, 0.29) is 11.9 Å². The number of rotatable bonds is 3. The minimum atomic E-state index is -0.586. The number of ether oxygens (including phenoxy) is 2. The van der Waals surface area contributed by atoms with Gasteiger partial charge in [0.25, 0.3) is 0 Å². The number of halogens is 1. The normalized spacial score (nSPS) is 18.6. The maximum Gasteiger partial charge on any atom is 0.412 e. The SMILES string of the molecule is CC(C)(C)OC(=O)Nc1ccc(F)c(OC2CCCNC2)c1. The molecule has 0 radical (unpaired) electrons. The first-order valence-electron chi connectivity index (χ1n) is 7.50. The monoisotopic (exact) mass is 310 g/mol. The fourth-order valence-corrected chi connectivity index (χ4v) is 2.19. The zero-order valence-corrected chi connectivity index (χ0v) is 13.2. The molecule has 2 N–H and O–H groups in total. The Morgan fingerprint density at radius 3 is 2.82 bits per heavy atom. The molecule has 1 aromatic rings. The van der Waals surface area contributed by atoms with E-state index in [0.29, 0.717) is 12.2 Å². The van der Waals surface area contributed by atoms with Crippen LogP contribution in [0, 0.1) is 5.82 Å². The van der Waals surface area contributed by atoms with Gasteiger partial charge in [-0.1, -0.05) is 0 Å². The Morgan fingerprint density at radius 1 is 1.41 bits per heavy atom. The number of carbonyl (C=O) groups is 1. The molecule has 1 saturated heterocycles. The minimum absolute atomic E-state index is 0.0555. The topological polar surface area (TPSA) is 59.6 Å². The predicted molar refractivity (Wildman–Crippen MR) is 82.8 cm³/mol. The Balaban J connectivity index is 2.01. The van der Waals surface area contributed by atoms with E-state index in [1.807, 2.05) is 0 Å². The molecule has 1 heterocycles. The van der Waals surface area contributed by atoms with E-state index in [2.05, 4.69) is 10.6 Å². The first-order valence-corrected chi connectivity index (χ1v) is 7.50. The summed E-state index contributed by atoms with van der Waals surface area (Å²) in [5.74, 6) is -0.303. The lowest BCUT2D eigenvalue weighted by atomic mass is 10.1. The van der Waals surface area contributed by atoms with Gasteiger partial charge in [0.05, 0.1) is 0 Å². The number of benzene rings is 1. The quantitative estimate of drug-likeness (QED) is 0.899. The molecule has 122 valence electrons. The summed E-state index contributed by atoms with van der Waals surface area (Å²) in [5, 5.41) is 5.79. The molecular formula is C16H23FN2O3. The predicted octanol–water partition coefficient (Wildman–Crippen LogP) is 3.30. The van der Waals surface area contributed by atoms with Crippen molar-refractivity contribution in [3.63, 3.8) is 0 Å². The van der Waals surface area contributed by atoms with Crippen molar-refractivity contribution < 1.29 is 18.7 Å². The molecule has 0 bridgehead atoms. The van der Waals surface area contributed by atoms with Gasteiger partial charge in [-0.15, -0.1) is 0 Å². The van der Waals surface area contributed by atoms with Crippen LogP contribution in [0.5, 0.6) is 5.75 Å². The molecule has 2 rings (SSSR count). The fraction of sp³-hybridized carbons (Fsp3) is 0.562. The second kappa shape index (κ2) is 6.96. The molecule has 1 unspecified atom stereocenters. The van der Waals surface area contributed by atoms with E-state index in [1.165, 1.54) is 18.2 Å². The van der Waals surface area contributed by atoms with Crippen molar-refractivity contribution in [2.45, 2.75) is 45.3 Å². The lowest BCUT2D eigenvalue weighted by Gasteiger charge is -2.24. The van der Waals surface area contributed by atoms with Gasteiger partial charge in [0.15, 0.2) is 11.6 Å². The van der Waals surface area contributed by atoms with Gasteiger partial charge in [-0.05, 0) is 52.3 Å². The molecular weight excluding hydrogens is 287 g/mol. The zero-order valence-electron chi connectivity index (χ0n) is 13.2. The number of amides is 1. The van der Waals surface area contributed by atoms with Crippen LogP contribution in [-0.4, -0.2) is 30.9 Å². The lowest BCUT2D eigenvalue weighted by Crippen LogP contribution is -2.37. The number of carbonyl (C=O) groups excluding carboxylic acids is 1. The van der Waals surface area contributed by atoms with Crippen LogP contribution in [-0.2, 0) is 4.74 Å². The van der Waals surface area contributed by atoms with Crippen molar-refractivity contribution in [3.8, 4) is 5.75 Å². The smallest absolute Gasteiger partial charge is 0.412 e. The van der Waals surface area contributed by atoms with Gasteiger partial charge >= 0.3 is 6.09 Å². The Bertz CT molecular complexity index is 523. The van der Waals surface area contributed by atoms with Gasteiger partial charge in [-0.25, -0.2) is 9.18 Å². The third-order valence-corrected chi connectivity index (χ3v) is 3.12. The summed E-state index contributed by atoms with van der Waals surface area (Å²) < 4.78 is 24.7. The molecule has 0 spiro atoms. The summed E-state index contributed by atoms with van der Waals surface area (Å²) >= 11 is 0. The average Bonchev–Trinajstić information content (AvgIpc) is 2.41. The number of anilines is 1. The number of nitrogens with one attached hydrogen (secondary N) is 2. The number of hydrogen-bond donors (Lipinski definition) is 2. The third kappa shape index (κ3) is 5.18. The highest BCUT2D eigenvalue weighted by molar-refractivity contribution is 5.85. The summed E-state index contributed by atoms with van der Waals surface area (Å²) in [4.78, 5) is 11.7. The molecule has 22 heavy (non-hydrogen) atoms. The van der Waals surface area contributed by atoms with Gasteiger partial charge in [-0.3, -0.25) is 5.32 Å². The van der Waals surface area contributed by atoms with Crippen molar-refractivity contribution in [3.05, 3.63) is 24.0 Å². The Kier molecular flexibility index (Phi) is 5.24. The highest BCUT2D eigenvalue weighted by Crippen LogP contribution is 2.24. The van der Waals surface area contributed by atoms with Crippen LogP contribution in [0.3, 0.4) is 0 Å². The van der Waals surface area contributed by atoms with E-state index in [9.17, 15) is 9.18 Å². The third-order valence-electron chi connectivity index (χ3n) is 3.12. The molecule has 1 aromatic carbocycles. The van der Waals surface area contributed by atoms with Gasteiger partial charge in [0.1, 0.15) is 11.7 Å². The standard InChI is InChI=1S/C16H23FN2O3/c1-16(2,3)22-15(20)19-11-6-7-13(17)14(9-11)21-12-5-4-8-18-10-12/h6-7,9,12,18H,4-5,8,10H2,1-3H3,(H,19,20). The average molecular weight is 310 g/mol. The Hall–Kier alpha value is -1.82. The first-order chi connectivity index (χ1) is 10.3. The largest absolute Gasteiger partial charge is 0.486 e. The molecule has 5 nitrogen and oxygen atoms in total. The molecule has 1 fully saturated rings. The summed E-state index contributed by atoms with van der Waals surface area (Å²) in [7, 11) is 0. The van der Waals surface area contributed by atoms with Gasteiger partial charge in [-0.2, -0.15) is 0 Å². The van der Waals surface area contributed by atoms with E-state index < -0.39 is 17.5 Å². The molecule has 0 saturated carbocycles. The van der Waals surface area contributed by atoms with Crippen LogP contribution in [0.1, 0.15) is 33.6 Å². The summed E-state index contributed by atoms with van der Waals surface area (Å²) in [6.45, 7) is 7.00. The van der Waals surface area contributed by atoms with Gasteiger partial charge in [0.2, 0.25) is 0 Å². The second-order valence-corrected chi connectivity index (χ2v) is 6.36. The maximum atomic E-state index is 13.8. The Morgan fingerprint density at radius 2 is 2.18 bits per heavy atom. The van der Waals surface area contributed by atoms with Crippen molar-refractivity contribution in [1.29, 1.82) is 0 Å². The van der Waals surface area contributed by atoms with Crippen molar-refractivity contribution in [2.75, 3.05) is 18.4 Å². The van der Waals surface area contributed by atoms with Gasteiger partial charge in [0, 0.05) is 18.3 Å². The molecule has 0 aromatic heterocycles. The number of hydrogen-bond acceptors (Lipinski definition) is 4. The summed E-state index contributed by atoms with van der Waals surface area (Å²) in [6.07, 6.45) is 1.25. The fourth-order valence-electron chi connectivity index (χ4n) is 2.19. The molecule has 1 aliphatic heterocycles. The minimum Gasteiger partial charge on any atom is -0.486 e. The first kappa shape index (κ1) is 16.5. The van der Waals surface area contributed by atoms with Crippen LogP contribution in [0.25, 0.3) is 0 Å². The van der Waals surface area contributed by atoms with Crippen molar-refractivity contribution >= 4 is 11.8 Å². The summed E-state index contributed by atoms with van der Waals surface area (Å²) in [5.41, 5.74) is -0.147. The van der Waals surface area contributed by atoms with Crippen molar-refractivity contribution in [2.24, 2.45) is 0 Å². The summed E-state index contributed by atoms with van der Waals surface area (Å²) in [6, 6.07) is 4.23.